The highest BCUT2D eigenvalue weighted by Crippen LogP contribution is 2.21. The Hall–Kier alpha value is -1.80. The number of nitrogens with zero attached hydrogens (tertiary/aromatic N) is 1. The first kappa shape index (κ1) is 19.0. The molecule has 5 nitrogen and oxygen atoms in total. The van der Waals surface area contributed by atoms with Gasteiger partial charge >= 0.3 is 0 Å². The number of nitrogens with one attached hydrogen (secondary N) is 1. The van der Waals surface area contributed by atoms with Gasteiger partial charge in [0.05, 0.1) is 17.6 Å². The predicted octanol–water partition coefficient (Wildman–Crippen LogP) is 2.49. The summed E-state index contributed by atoms with van der Waals surface area (Å²) in [5, 5.41) is 0. The van der Waals surface area contributed by atoms with Crippen molar-refractivity contribution in [3.8, 4) is 0 Å². The number of ether oxygens (including phenoxy) is 1. The molecule has 1 N–H and O–H groups in total. The summed E-state index contributed by atoms with van der Waals surface area (Å²) in [6, 6.07) is 13.8. The Balaban J connectivity index is 1.54. The maximum atomic E-state index is 13.3. The van der Waals surface area contributed by atoms with Gasteiger partial charge in [-0.05, 0) is 36.2 Å². The normalized spacial score (nSPS) is 18.8. The first-order valence-electron chi connectivity index (χ1n) is 8.60. The predicted molar refractivity (Wildman–Crippen MR) is 97.9 cm³/mol. The van der Waals surface area contributed by atoms with E-state index in [4.69, 9.17) is 4.74 Å². The molecule has 0 saturated carbocycles. The molecule has 2 aromatic carbocycles. The molecule has 0 amide bonds. The van der Waals surface area contributed by atoms with Gasteiger partial charge in [-0.25, -0.2) is 17.5 Å². The lowest BCUT2D eigenvalue weighted by atomic mass is 10.1. The highest BCUT2D eigenvalue weighted by Gasteiger charge is 2.22. The number of sulfonamides is 1. The number of rotatable bonds is 6. The van der Waals surface area contributed by atoms with Crippen LogP contribution in [0.5, 0.6) is 0 Å². The van der Waals surface area contributed by atoms with Crippen LogP contribution in [0.4, 0.5) is 4.39 Å². The standard InChI is InChI=1S/C19H23FN2O3S/c1-15-13-17(7-8-18(15)20)26(23,24)21-9-10-22-11-12-25-19(14-22)16-5-3-2-4-6-16/h2-8,13,19,21H,9-12,14H2,1H3/t19-/m0/s1. The average Bonchev–Trinajstić information content (AvgIpc) is 2.65. The summed E-state index contributed by atoms with van der Waals surface area (Å²) in [4.78, 5) is 2.26. The van der Waals surface area contributed by atoms with Crippen molar-refractivity contribution in [3.63, 3.8) is 0 Å². The highest BCUT2D eigenvalue weighted by molar-refractivity contribution is 7.89. The number of morpholine rings is 1. The molecule has 0 aromatic heterocycles. The van der Waals surface area contributed by atoms with E-state index < -0.39 is 15.8 Å². The van der Waals surface area contributed by atoms with E-state index in [1.807, 2.05) is 30.3 Å². The Kier molecular flexibility index (Phi) is 6.03. The third kappa shape index (κ3) is 4.67. The molecule has 26 heavy (non-hydrogen) atoms. The van der Waals surface area contributed by atoms with Gasteiger partial charge in [0.1, 0.15) is 5.82 Å². The van der Waals surface area contributed by atoms with Crippen molar-refractivity contribution in [2.24, 2.45) is 0 Å². The smallest absolute Gasteiger partial charge is 0.240 e. The summed E-state index contributed by atoms with van der Waals surface area (Å²) in [5.74, 6) is -0.413. The van der Waals surface area contributed by atoms with Crippen LogP contribution in [0, 0.1) is 12.7 Å². The summed E-state index contributed by atoms with van der Waals surface area (Å²) >= 11 is 0. The van der Waals surface area contributed by atoms with Crippen molar-refractivity contribution in [2.75, 3.05) is 32.8 Å². The number of halogens is 1. The van der Waals surface area contributed by atoms with Crippen LogP contribution in [0.3, 0.4) is 0 Å². The maximum Gasteiger partial charge on any atom is 0.240 e. The van der Waals surface area contributed by atoms with Crippen LogP contribution in [-0.2, 0) is 14.8 Å². The lowest BCUT2D eigenvalue weighted by molar-refractivity contribution is -0.0291. The third-order valence-corrected chi connectivity index (χ3v) is 5.94. The fourth-order valence-electron chi connectivity index (χ4n) is 2.98. The third-order valence-electron chi connectivity index (χ3n) is 4.48. The Morgan fingerprint density at radius 2 is 2.00 bits per heavy atom. The number of aryl methyl sites for hydroxylation is 1. The minimum atomic E-state index is -3.64. The van der Waals surface area contributed by atoms with Crippen LogP contribution in [-0.4, -0.2) is 46.1 Å². The maximum absolute atomic E-state index is 13.3. The van der Waals surface area contributed by atoms with E-state index in [-0.39, 0.29) is 11.0 Å². The van der Waals surface area contributed by atoms with Gasteiger partial charge in [-0.1, -0.05) is 30.3 Å². The van der Waals surface area contributed by atoms with Gasteiger partial charge in [0, 0.05) is 26.2 Å². The zero-order valence-electron chi connectivity index (χ0n) is 14.7. The van der Waals surface area contributed by atoms with Gasteiger partial charge < -0.3 is 4.74 Å². The Labute approximate surface area is 153 Å². The van der Waals surface area contributed by atoms with Gasteiger partial charge in [-0.15, -0.1) is 0 Å². The van der Waals surface area contributed by atoms with Crippen molar-refractivity contribution < 1.29 is 17.5 Å². The second kappa shape index (κ2) is 8.26. The quantitative estimate of drug-likeness (QED) is 0.839. The fraction of sp³-hybridized carbons (Fsp3) is 0.368. The van der Waals surface area contributed by atoms with E-state index >= 15 is 0 Å². The highest BCUT2D eigenvalue weighted by atomic mass is 32.2. The van der Waals surface area contributed by atoms with Crippen LogP contribution in [0.1, 0.15) is 17.2 Å². The molecule has 0 aliphatic carbocycles. The van der Waals surface area contributed by atoms with Crippen LogP contribution >= 0.6 is 0 Å². The lowest BCUT2D eigenvalue weighted by Gasteiger charge is -2.33. The number of hydrogen-bond donors (Lipinski definition) is 1. The van der Waals surface area contributed by atoms with E-state index in [0.29, 0.717) is 25.3 Å². The molecule has 1 saturated heterocycles. The molecule has 2 aromatic rings. The van der Waals surface area contributed by atoms with Crippen molar-refractivity contribution >= 4 is 10.0 Å². The second-order valence-corrected chi connectivity index (χ2v) is 8.15. The first-order valence-corrected chi connectivity index (χ1v) is 10.1. The molecular weight excluding hydrogens is 355 g/mol. The average molecular weight is 378 g/mol. The van der Waals surface area contributed by atoms with Crippen LogP contribution in [0.15, 0.2) is 53.4 Å². The second-order valence-electron chi connectivity index (χ2n) is 6.38. The molecular formula is C19H23FN2O3S. The molecule has 1 fully saturated rings. The van der Waals surface area contributed by atoms with E-state index in [9.17, 15) is 12.8 Å². The summed E-state index contributed by atoms with van der Waals surface area (Å²) in [6.07, 6.45) is 0.00121. The Bertz CT molecular complexity index is 843. The molecule has 0 bridgehead atoms. The molecule has 1 atom stereocenters. The first-order chi connectivity index (χ1) is 12.5. The van der Waals surface area contributed by atoms with Gasteiger partial charge in [-0.2, -0.15) is 0 Å². The van der Waals surface area contributed by atoms with E-state index in [1.165, 1.54) is 18.2 Å². The monoisotopic (exact) mass is 378 g/mol. The van der Waals surface area contributed by atoms with Gasteiger partial charge in [-0.3, -0.25) is 4.90 Å². The largest absolute Gasteiger partial charge is 0.371 e. The minimum absolute atomic E-state index is 0.00121. The molecule has 0 spiro atoms. The SMILES string of the molecule is Cc1cc(S(=O)(=O)NCCN2CCO[C@H](c3ccccc3)C2)ccc1F. The molecule has 140 valence electrons. The summed E-state index contributed by atoms with van der Waals surface area (Å²) in [7, 11) is -3.64. The molecule has 0 unspecified atom stereocenters. The van der Waals surface area contributed by atoms with Crippen molar-refractivity contribution in [1.29, 1.82) is 0 Å². The summed E-state index contributed by atoms with van der Waals surface area (Å²) < 4.78 is 46.4. The topological polar surface area (TPSA) is 58.6 Å². The van der Waals surface area contributed by atoms with Crippen LogP contribution in [0.25, 0.3) is 0 Å². The Morgan fingerprint density at radius 3 is 2.73 bits per heavy atom. The van der Waals surface area contributed by atoms with Crippen LogP contribution < -0.4 is 4.72 Å². The summed E-state index contributed by atoms with van der Waals surface area (Å²) in [5.41, 5.74) is 1.44. The number of benzene rings is 2. The van der Waals surface area contributed by atoms with E-state index in [1.54, 1.807) is 6.92 Å². The number of hydrogen-bond acceptors (Lipinski definition) is 4. The molecule has 1 aliphatic heterocycles. The molecule has 1 heterocycles. The van der Waals surface area contributed by atoms with Crippen molar-refractivity contribution in [3.05, 3.63) is 65.5 Å². The zero-order valence-corrected chi connectivity index (χ0v) is 15.5. The Morgan fingerprint density at radius 1 is 1.23 bits per heavy atom. The fourth-order valence-corrected chi connectivity index (χ4v) is 4.09. The van der Waals surface area contributed by atoms with Gasteiger partial charge in [0.15, 0.2) is 0 Å². The van der Waals surface area contributed by atoms with Crippen LogP contribution in [0.2, 0.25) is 0 Å². The minimum Gasteiger partial charge on any atom is -0.371 e. The molecule has 1 aliphatic rings. The van der Waals surface area contributed by atoms with E-state index in [2.05, 4.69) is 9.62 Å². The lowest BCUT2D eigenvalue weighted by Crippen LogP contribution is -2.42. The zero-order chi connectivity index (χ0) is 18.6. The van der Waals surface area contributed by atoms with Crippen molar-refractivity contribution in [2.45, 2.75) is 17.9 Å². The molecule has 7 heteroatoms. The molecule has 0 radical (unpaired) electrons. The van der Waals surface area contributed by atoms with Gasteiger partial charge in [0.25, 0.3) is 0 Å². The molecule has 3 rings (SSSR count). The van der Waals surface area contributed by atoms with Gasteiger partial charge in [0.2, 0.25) is 10.0 Å². The van der Waals surface area contributed by atoms with Crippen molar-refractivity contribution in [1.82, 2.24) is 9.62 Å². The van der Waals surface area contributed by atoms with E-state index in [0.717, 1.165) is 18.7 Å². The summed E-state index contributed by atoms with van der Waals surface area (Å²) in [6.45, 7) is 4.53.